The molecule has 0 aliphatic heterocycles. The van der Waals surface area contributed by atoms with E-state index < -0.39 is 0 Å². The fraction of sp³-hybridized carbons (Fsp3) is 0.200. The average Bonchev–Trinajstić information content (AvgIpc) is 2.05. The molecule has 0 radical (unpaired) electrons. The van der Waals surface area contributed by atoms with Crippen LogP contribution in [0.2, 0.25) is 0 Å². The Morgan fingerprint density at radius 1 is 1.42 bits per heavy atom. The lowest BCUT2D eigenvalue weighted by atomic mass is 10.0. The number of hydrogen-bond acceptors (Lipinski definition) is 2. The highest BCUT2D eigenvalue weighted by atomic mass is 16.3. The van der Waals surface area contributed by atoms with Gasteiger partial charge in [0.25, 0.3) is 0 Å². The Hall–Kier alpha value is -1.28. The molecule has 3 N–H and O–H groups in total. The van der Waals surface area contributed by atoms with Gasteiger partial charge in [-0.2, -0.15) is 0 Å². The van der Waals surface area contributed by atoms with E-state index in [1.807, 2.05) is 30.3 Å². The van der Waals surface area contributed by atoms with Gasteiger partial charge < -0.3 is 10.8 Å². The molecule has 2 heteroatoms. The van der Waals surface area contributed by atoms with Crippen LogP contribution < -0.4 is 5.73 Å². The smallest absolute Gasteiger partial charge is 0.0870 e. The number of hydrogen-bond donors (Lipinski definition) is 2. The molecule has 0 saturated heterocycles. The van der Waals surface area contributed by atoms with Crippen LogP contribution in [0.3, 0.4) is 0 Å². The van der Waals surface area contributed by atoms with E-state index in [2.05, 4.69) is 6.58 Å². The Labute approximate surface area is 72.3 Å². The zero-order chi connectivity index (χ0) is 8.97. The summed E-state index contributed by atoms with van der Waals surface area (Å²) in [5, 5.41) is 8.91. The summed E-state index contributed by atoms with van der Waals surface area (Å²) >= 11 is 0. The third kappa shape index (κ3) is 2.40. The predicted octanol–water partition coefficient (Wildman–Crippen LogP) is 2.15. The monoisotopic (exact) mass is 163 g/mol. The van der Waals surface area contributed by atoms with Gasteiger partial charge >= 0.3 is 0 Å². The van der Waals surface area contributed by atoms with Gasteiger partial charge in [0.1, 0.15) is 0 Å². The van der Waals surface area contributed by atoms with Crippen LogP contribution >= 0.6 is 0 Å². The molecule has 0 aromatic heterocycles. The second kappa shape index (κ2) is 3.93. The number of aliphatic hydroxyl groups excluding tert-OH is 1. The third-order valence-electron chi connectivity index (χ3n) is 1.68. The molecule has 1 rings (SSSR count). The van der Waals surface area contributed by atoms with E-state index in [4.69, 9.17) is 10.8 Å². The van der Waals surface area contributed by atoms with Crippen LogP contribution in [0.15, 0.2) is 42.7 Å². The first-order valence-electron chi connectivity index (χ1n) is 3.87. The maximum absolute atomic E-state index is 8.91. The standard InChI is InChI=1S/C10H13NO/c1-8(12)7-10(11)9-5-3-2-4-6-9/h2-6,10,12H,1,7,11H2. The minimum atomic E-state index is -0.149. The van der Waals surface area contributed by atoms with Crippen molar-refractivity contribution in [2.24, 2.45) is 5.73 Å². The molecule has 1 aromatic carbocycles. The Morgan fingerprint density at radius 3 is 2.50 bits per heavy atom. The summed E-state index contributed by atoms with van der Waals surface area (Å²) in [6.45, 7) is 3.40. The van der Waals surface area contributed by atoms with Crippen LogP contribution in [0, 0.1) is 0 Å². The topological polar surface area (TPSA) is 46.2 Å². The SMILES string of the molecule is C=C(O)CC(N)c1ccccc1. The Morgan fingerprint density at radius 2 is 2.00 bits per heavy atom. The molecule has 0 fully saturated rings. The van der Waals surface area contributed by atoms with Gasteiger partial charge in [-0.1, -0.05) is 36.9 Å². The molecule has 0 spiro atoms. The molecule has 0 heterocycles. The maximum atomic E-state index is 8.91. The van der Waals surface area contributed by atoms with Crippen molar-refractivity contribution in [3.8, 4) is 0 Å². The van der Waals surface area contributed by atoms with Crippen LogP contribution in [0.4, 0.5) is 0 Å². The molecule has 1 atom stereocenters. The fourth-order valence-electron chi connectivity index (χ4n) is 1.07. The van der Waals surface area contributed by atoms with Crippen molar-refractivity contribution in [3.63, 3.8) is 0 Å². The van der Waals surface area contributed by atoms with Gasteiger partial charge in [0.2, 0.25) is 0 Å². The van der Waals surface area contributed by atoms with E-state index in [9.17, 15) is 0 Å². The zero-order valence-corrected chi connectivity index (χ0v) is 6.90. The number of nitrogens with two attached hydrogens (primary N) is 1. The Kier molecular flexibility index (Phi) is 2.88. The summed E-state index contributed by atoms with van der Waals surface area (Å²) in [6.07, 6.45) is 0.421. The third-order valence-corrected chi connectivity index (χ3v) is 1.68. The summed E-state index contributed by atoms with van der Waals surface area (Å²) in [6, 6.07) is 9.51. The van der Waals surface area contributed by atoms with Gasteiger partial charge in [-0.15, -0.1) is 0 Å². The second-order valence-electron chi connectivity index (χ2n) is 2.79. The minimum Gasteiger partial charge on any atom is -0.513 e. The van der Waals surface area contributed by atoms with Gasteiger partial charge in [0, 0.05) is 12.5 Å². The van der Waals surface area contributed by atoms with Crippen LogP contribution in [0.1, 0.15) is 18.0 Å². The first-order chi connectivity index (χ1) is 5.70. The van der Waals surface area contributed by atoms with Crippen molar-refractivity contribution in [1.29, 1.82) is 0 Å². The average molecular weight is 163 g/mol. The first kappa shape index (κ1) is 8.81. The summed E-state index contributed by atoms with van der Waals surface area (Å²) < 4.78 is 0. The van der Waals surface area contributed by atoms with Crippen LogP contribution in [0.25, 0.3) is 0 Å². The second-order valence-corrected chi connectivity index (χ2v) is 2.79. The maximum Gasteiger partial charge on any atom is 0.0870 e. The van der Waals surface area contributed by atoms with Crippen molar-refractivity contribution in [2.45, 2.75) is 12.5 Å². The summed E-state index contributed by atoms with van der Waals surface area (Å²) in [4.78, 5) is 0. The molecular formula is C10H13NO. The van der Waals surface area contributed by atoms with E-state index >= 15 is 0 Å². The predicted molar refractivity (Wildman–Crippen MR) is 49.8 cm³/mol. The van der Waals surface area contributed by atoms with Crippen molar-refractivity contribution in [2.75, 3.05) is 0 Å². The molecule has 1 unspecified atom stereocenters. The number of rotatable bonds is 3. The summed E-state index contributed by atoms with van der Waals surface area (Å²) in [7, 11) is 0. The lowest BCUT2D eigenvalue weighted by Crippen LogP contribution is -2.10. The van der Waals surface area contributed by atoms with E-state index in [0.29, 0.717) is 6.42 Å². The number of benzene rings is 1. The minimum absolute atomic E-state index is 0.131. The van der Waals surface area contributed by atoms with Gasteiger partial charge in [-0.3, -0.25) is 0 Å². The molecule has 0 aliphatic rings. The molecule has 0 aliphatic carbocycles. The van der Waals surface area contributed by atoms with Gasteiger partial charge in [0.05, 0.1) is 5.76 Å². The summed E-state index contributed by atoms with van der Waals surface area (Å²) in [5.41, 5.74) is 6.80. The molecular weight excluding hydrogens is 150 g/mol. The highest BCUT2D eigenvalue weighted by molar-refractivity contribution is 5.19. The van der Waals surface area contributed by atoms with Crippen LogP contribution in [-0.4, -0.2) is 5.11 Å². The van der Waals surface area contributed by atoms with Crippen LogP contribution in [0.5, 0.6) is 0 Å². The summed E-state index contributed by atoms with van der Waals surface area (Å²) in [5.74, 6) is 0.131. The normalized spacial score (nSPS) is 12.4. The fourth-order valence-corrected chi connectivity index (χ4v) is 1.07. The number of aliphatic hydroxyl groups is 1. The quantitative estimate of drug-likeness (QED) is 0.670. The highest BCUT2D eigenvalue weighted by Crippen LogP contribution is 2.15. The van der Waals surface area contributed by atoms with E-state index in [-0.39, 0.29) is 11.8 Å². The highest BCUT2D eigenvalue weighted by Gasteiger charge is 2.05. The van der Waals surface area contributed by atoms with Crippen molar-refractivity contribution >= 4 is 0 Å². The molecule has 0 bridgehead atoms. The van der Waals surface area contributed by atoms with Crippen molar-refractivity contribution < 1.29 is 5.11 Å². The zero-order valence-electron chi connectivity index (χ0n) is 6.90. The van der Waals surface area contributed by atoms with Gasteiger partial charge in [0.15, 0.2) is 0 Å². The molecule has 0 amide bonds. The molecule has 2 nitrogen and oxygen atoms in total. The Balaban J connectivity index is 2.65. The molecule has 1 aromatic rings. The Bertz CT molecular complexity index is 256. The largest absolute Gasteiger partial charge is 0.513 e. The van der Waals surface area contributed by atoms with Crippen molar-refractivity contribution in [1.82, 2.24) is 0 Å². The molecule has 64 valence electrons. The molecule has 0 saturated carbocycles. The van der Waals surface area contributed by atoms with Gasteiger partial charge in [-0.25, -0.2) is 0 Å². The van der Waals surface area contributed by atoms with E-state index in [0.717, 1.165) is 5.56 Å². The van der Waals surface area contributed by atoms with Gasteiger partial charge in [-0.05, 0) is 5.56 Å². The molecule has 12 heavy (non-hydrogen) atoms. The first-order valence-corrected chi connectivity index (χ1v) is 3.87. The van der Waals surface area contributed by atoms with Crippen molar-refractivity contribution in [3.05, 3.63) is 48.2 Å². The lowest BCUT2D eigenvalue weighted by molar-refractivity contribution is 0.378. The van der Waals surface area contributed by atoms with E-state index in [1.165, 1.54) is 0 Å². The van der Waals surface area contributed by atoms with E-state index in [1.54, 1.807) is 0 Å². The van der Waals surface area contributed by atoms with Crippen LogP contribution in [-0.2, 0) is 0 Å². The lowest BCUT2D eigenvalue weighted by Gasteiger charge is -2.09.